The Kier molecular flexibility index (Phi) is 6.62. The van der Waals surface area contributed by atoms with Crippen molar-refractivity contribution in [3.8, 4) is 28.7 Å². The summed E-state index contributed by atoms with van der Waals surface area (Å²) in [7, 11) is 0. The van der Waals surface area contributed by atoms with Gasteiger partial charge in [-0.3, -0.25) is 0 Å². The Balaban J connectivity index is 1.20. The number of benzene rings is 4. The molecule has 0 bridgehead atoms. The molecule has 0 amide bonds. The van der Waals surface area contributed by atoms with Crippen molar-refractivity contribution in [2.24, 2.45) is 0 Å². The van der Waals surface area contributed by atoms with Crippen molar-refractivity contribution in [3.63, 3.8) is 0 Å². The molecule has 0 saturated heterocycles. The van der Waals surface area contributed by atoms with Crippen LogP contribution in [0.15, 0.2) is 114 Å². The molecule has 5 rings (SSSR count). The Bertz CT molecular complexity index is 1480. The first kappa shape index (κ1) is 22.7. The first-order chi connectivity index (χ1) is 17.7. The average molecular weight is 476 g/mol. The van der Waals surface area contributed by atoms with Gasteiger partial charge in [0.2, 0.25) is 11.8 Å². The Morgan fingerprint density at radius 2 is 1.28 bits per heavy atom. The summed E-state index contributed by atoms with van der Waals surface area (Å²) in [6.07, 6.45) is 0. The minimum Gasteiger partial charge on any atom is -0.457 e. The molecule has 36 heavy (non-hydrogen) atoms. The number of carbonyl (C=O) groups excluding carboxylic acids is 2. The molecule has 1 aromatic heterocycles. The molecule has 0 radical (unpaired) electrons. The van der Waals surface area contributed by atoms with Crippen LogP contribution in [0.3, 0.4) is 0 Å². The summed E-state index contributed by atoms with van der Waals surface area (Å²) in [5.74, 6) is 0.257. The fraction of sp³-hybridized carbons (Fsp3) is 0.0345. The lowest BCUT2D eigenvalue weighted by atomic mass is 10.1. The van der Waals surface area contributed by atoms with E-state index in [2.05, 4.69) is 10.2 Å². The Morgan fingerprint density at radius 3 is 1.97 bits per heavy atom. The number of nitrogens with zero attached hydrogens (tertiary/aromatic N) is 2. The van der Waals surface area contributed by atoms with Gasteiger partial charge < -0.3 is 13.9 Å². The summed E-state index contributed by atoms with van der Waals surface area (Å²) in [5.41, 5.74) is 2.92. The fourth-order valence-electron chi connectivity index (χ4n) is 3.46. The average Bonchev–Trinajstić information content (AvgIpc) is 3.44. The van der Waals surface area contributed by atoms with Gasteiger partial charge in [0, 0.05) is 11.1 Å². The van der Waals surface area contributed by atoms with Crippen LogP contribution in [0.1, 0.15) is 26.3 Å². The number of ether oxygens (including phenoxy) is 2. The van der Waals surface area contributed by atoms with Gasteiger partial charge in [-0.25, -0.2) is 9.59 Å². The minimum atomic E-state index is -0.491. The van der Waals surface area contributed by atoms with Crippen LogP contribution in [0.2, 0.25) is 0 Å². The summed E-state index contributed by atoms with van der Waals surface area (Å²) >= 11 is 0. The van der Waals surface area contributed by atoms with E-state index in [1.54, 1.807) is 72.8 Å². The Labute approximate surface area is 207 Å². The van der Waals surface area contributed by atoms with Crippen molar-refractivity contribution >= 4 is 11.9 Å². The van der Waals surface area contributed by atoms with Crippen molar-refractivity contribution in [2.75, 3.05) is 0 Å². The number of hydrogen-bond acceptors (Lipinski definition) is 7. The molecule has 0 spiro atoms. The fourth-order valence-corrected chi connectivity index (χ4v) is 3.46. The lowest BCUT2D eigenvalue weighted by Crippen LogP contribution is -2.10. The number of para-hydroxylation sites is 1. The zero-order chi connectivity index (χ0) is 24.7. The highest BCUT2D eigenvalue weighted by atomic mass is 16.5. The van der Waals surface area contributed by atoms with Crippen LogP contribution in [-0.2, 0) is 11.3 Å². The second-order valence-corrected chi connectivity index (χ2v) is 7.83. The number of carbonyl (C=O) groups is 2. The highest BCUT2D eigenvalue weighted by Gasteiger charge is 2.14. The van der Waals surface area contributed by atoms with Crippen LogP contribution in [0, 0.1) is 0 Å². The molecular formula is C29H20N2O5. The second-order valence-electron chi connectivity index (χ2n) is 7.83. The maximum absolute atomic E-state index is 12.5. The molecule has 0 aliphatic heterocycles. The molecule has 5 aromatic rings. The smallest absolute Gasteiger partial charge is 0.343 e. The van der Waals surface area contributed by atoms with Crippen LogP contribution < -0.4 is 4.74 Å². The molecular weight excluding hydrogens is 456 g/mol. The molecule has 0 N–H and O–H groups in total. The molecule has 4 aromatic carbocycles. The molecule has 0 saturated carbocycles. The number of aromatic nitrogens is 2. The predicted molar refractivity (Wildman–Crippen MR) is 132 cm³/mol. The first-order valence-electron chi connectivity index (χ1n) is 11.2. The monoisotopic (exact) mass is 476 g/mol. The van der Waals surface area contributed by atoms with Crippen molar-refractivity contribution in [2.45, 2.75) is 6.61 Å². The molecule has 0 unspecified atom stereocenters. The topological polar surface area (TPSA) is 91.5 Å². The van der Waals surface area contributed by atoms with Gasteiger partial charge in [0.25, 0.3) is 0 Å². The zero-order valence-corrected chi connectivity index (χ0v) is 19.0. The van der Waals surface area contributed by atoms with Gasteiger partial charge in [0.15, 0.2) is 0 Å². The standard InChI is InChI=1S/C29H20N2O5/c32-28(34-19-20-8-7-11-24(18-20)29(33)35-25-12-5-2-6-13-25)23-16-14-22(15-17-23)27-31-30-26(36-27)21-9-3-1-4-10-21/h1-18H,19H2. The van der Waals surface area contributed by atoms with E-state index < -0.39 is 11.9 Å². The predicted octanol–water partition coefficient (Wildman–Crippen LogP) is 5.98. The summed E-state index contributed by atoms with van der Waals surface area (Å²) < 4.78 is 16.5. The van der Waals surface area contributed by atoms with Gasteiger partial charge in [-0.2, -0.15) is 0 Å². The van der Waals surface area contributed by atoms with E-state index in [-0.39, 0.29) is 6.61 Å². The molecule has 176 valence electrons. The second kappa shape index (κ2) is 10.5. The molecule has 7 heteroatoms. The number of hydrogen-bond donors (Lipinski definition) is 0. The van der Waals surface area contributed by atoms with E-state index in [0.29, 0.717) is 39.8 Å². The van der Waals surface area contributed by atoms with Gasteiger partial charge in [-0.15, -0.1) is 10.2 Å². The maximum atomic E-state index is 12.5. The highest BCUT2D eigenvalue weighted by Crippen LogP contribution is 2.24. The lowest BCUT2D eigenvalue weighted by Gasteiger charge is -2.08. The lowest BCUT2D eigenvalue weighted by molar-refractivity contribution is 0.0472. The van der Waals surface area contributed by atoms with E-state index in [9.17, 15) is 9.59 Å². The molecule has 7 nitrogen and oxygen atoms in total. The van der Waals surface area contributed by atoms with Crippen molar-refractivity contribution in [1.29, 1.82) is 0 Å². The first-order valence-corrected chi connectivity index (χ1v) is 11.2. The van der Waals surface area contributed by atoms with Crippen molar-refractivity contribution in [3.05, 3.63) is 126 Å². The summed E-state index contributed by atoms with van der Waals surface area (Å²) in [5, 5.41) is 8.18. The van der Waals surface area contributed by atoms with Gasteiger partial charge in [-0.05, 0) is 66.2 Å². The molecule has 1 heterocycles. The van der Waals surface area contributed by atoms with Gasteiger partial charge in [0.05, 0.1) is 11.1 Å². The number of esters is 2. The molecule has 0 atom stereocenters. The Morgan fingerprint density at radius 1 is 0.639 bits per heavy atom. The van der Waals surface area contributed by atoms with E-state index in [4.69, 9.17) is 13.9 Å². The summed E-state index contributed by atoms with van der Waals surface area (Å²) in [6, 6.07) is 31.8. The van der Waals surface area contributed by atoms with Crippen molar-refractivity contribution in [1.82, 2.24) is 10.2 Å². The van der Waals surface area contributed by atoms with Crippen LogP contribution in [0.5, 0.6) is 5.75 Å². The third-order valence-electron chi connectivity index (χ3n) is 5.30. The maximum Gasteiger partial charge on any atom is 0.343 e. The molecule has 0 aliphatic carbocycles. The van der Waals surface area contributed by atoms with E-state index in [1.165, 1.54) is 0 Å². The van der Waals surface area contributed by atoms with Crippen LogP contribution in [-0.4, -0.2) is 22.1 Å². The van der Waals surface area contributed by atoms with Crippen molar-refractivity contribution < 1.29 is 23.5 Å². The van der Waals surface area contributed by atoms with Crippen LogP contribution in [0.4, 0.5) is 0 Å². The van der Waals surface area contributed by atoms with Gasteiger partial charge >= 0.3 is 11.9 Å². The third kappa shape index (κ3) is 5.37. The Hall–Kier alpha value is -5.04. The quantitative estimate of drug-likeness (QED) is 0.211. The number of rotatable bonds is 7. The zero-order valence-electron chi connectivity index (χ0n) is 19.0. The summed E-state index contributed by atoms with van der Waals surface area (Å²) in [6.45, 7) is 0.0110. The highest BCUT2D eigenvalue weighted by molar-refractivity contribution is 5.91. The van der Waals surface area contributed by atoms with Crippen LogP contribution >= 0.6 is 0 Å². The van der Waals surface area contributed by atoms with E-state index in [1.807, 2.05) is 36.4 Å². The minimum absolute atomic E-state index is 0.0110. The third-order valence-corrected chi connectivity index (χ3v) is 5.30. The molecule has 0 fully saturated rings. The van der Waals surface area contributed by atoms with Gasteiger partial charge in [-0.1, -0.05) is 48.5 Å². The van der Waals surface area contributed by atoms with Gasteiger partial charge in [0.1, 0.15) is 12.4 Å². The summed E-state index contributed by atoms with van der Waals surface area (Å²) in [4.78, 5) is 25.0. The van der Waals surface area contributed by atoms with Crippen LogP contribution in [0.25, 0.3) is 22.9 Å². The van der Waals surface area contributed by atoms with E-state index >= 15 is 0 Å². The largest absolute Gasteiger partial charge is 0.457 e. The van der Waals surface area contributed by atoms with E-state index in [0.717, 1.165) is 5.56 Å². The normalized spacial score (nSPS) is 10.6. The molecule has 0 aliphatic rings. The SMILES string of the molecule is O=C(OCc1cccc(C(=O)Oc2ccccc2)c1)c1ccc(-c2nnc(-c3ccccc3)o2)cc1.